The minimum atomic E-state index is 0. The van der Waals surface area contributed by atoms with Gasteiger partial charge in [-0.1, -0.05) is 24.6 Å². The summed E-state index contributed by atoms with van der Waals surface area (Å²) in [6.07, 6.45) is 4.58. The van der Waals surface area contributed by atoms with Crippen LogP contribution in [0.4, 0.5) is 5.69 Å². The largest absolute Gasteiger partial charge is 0.330 e. The number of benzene rings is 1. The number of carbonyl (C=O) groups excluding carboxylic acids is 1. The normalized spacial score (nSPS) is 19.1. The second-order valence-electron chi connectivity index (χ2n) is 5.11. The summed E-state index contributed by atoms with van der Waals surface area (Å²) in [5.74, 6) is 0.0649. The lowest BCUT2D eigenvalue weighted by molar-refractivity contribution is -0.118. The molecule has 5 heteroatoms. The molecule has 1 amide bonds. The van der Waals surface area contributed by atoms with E-state index in [1.54, 1.807) is 0 Å². The van der Waals surface area contributed by atoms with Gasteiger partial charge in [0.05, 0.1) is 6.54 Å². The van der Waals surface area contributed by atoms with Crippen LogP contribution in [0.5, 0.6) is 0 Å². The Morgan fingerprint density at radius 1 is 1.30 bits per heavy atom. The fraction of sp³-hybridized carbons (Fsp3) is 0.533. The summed E-state index contributed by atoms with van der Waals surface area (Å²) >= 11 is 0. The summed E-state index contributed by atoms with van der Waals surface area (Å²) in [5.41, 5.74) is 6.51. The van der Waals surface area contributed by atoms with Gasteiger partial charge in [0.15, 0.2) is 0 Å². The lowest BCUT2D eigenvalue weighted by atomic mass is 9.99. The quantitative estimate of drug-likeness (QED) is 0.876. The number of piperidine rings is 1. The Bertz CT molecular complexity index is 397. The molecule has 1 heterocycles. The monoisotopic (exact) mass is 297 g/mol. The lowest BCUT2D eigenvalue weighted by Gasteiger charge is -2.35. The highest BCUT2D eigenvalue weighted by Crippen LogP contribution is 2.19. The number of para-hydroxylation sites is 1. The Hall–Kier alpha value is -1.10. The number of carbonyl (C=O) groups is 1. The van der Waals surface area contributed by atoms with Crippen molar-refractivity contribution in [2.45, 2.75) is 31.7 Å². The third-order valence-corrected chi connectivity index (χ3v) is 3.65. The fourth-order valence-corrected chi connectivity index (χ4v) is 2.69. The Labute approximate surface area is 127 Å². The molecule has 0 saturated carbocycles. The summed E-state index contributed by atoms with van der Waals surface area (Å²) in [6, 6.07) is 10.1. The number of anilines is 1. The van der Waals surface area contributed by atoms with E-state index in [0.717, 1.165) is 25.1 Å². The number of nitrogens with zero attached hydrogens (tertiary/aromatic N) is 1. The number of rotatable bonds is 5. The summed E-state index contributed by atoms with van der Waals surface area (Å²) in [4.78, 5) is 14.3. The van der Waals surface area contributed by atoms with Crippen molar-refractivity contribution in [1.29, 1.82) is 0 Å². The van der Waals surface area contributed by atoms with Crippen molar-refractivity contribution < 1.29 is 4.79 Å². The predicted molar refractivity (Wildman–Crippen MR) is 85.2 cm³/mol. The van der Waals surface area contributed by atoms with Gasteiger partial charge in [0.1, 0.15) is 0 Å². The lowest BCUT2D eigenvalue weighted by Crippen LogP contribution is -2.44. The van der Waals surface area contributed by atoms with Crippen molar-refractivity contribution in [1.82, 2.24) is 4.90 Å². The van der Waals surface area contributed by atoms with Gasteiger partial charge in [-0.05, 0) is 44.5 Å². The average Bonchev–Trinajstić information content (AvgIpc) is 2.42. The Morgan fingerprint density at radius 2 is 2.05 bits per heavy atom. The van der Waals surface area contributed by atoms with Crippen molar-refractivity contribution in [2.75, 3.05) is 25.0 Å². The first-order valence-electron chi connectivity index (χ1n) is 7.08. The van der Waals surface area contributed by atoms with Crippen LogP contribution in [0, 0.1) is 0 Å². The van der Waals surface area contributed by atoms with Crippen molar-refractivity contribution in [3.05, 3.63) is 30.3 Å². The van der Waals surface area contributed by atoms with Gasteiger partial charge in [0, 0.05) is 11.7 Å². The summed E-state index contributed by atoms with van der Waals surface area (Å²) < 4.78 is 0. The van der Waals surface area contributed by atoms with Crippen molar-refractivity contribution >= 4 is 24.0 Å². The molecular weight excluding hydrogens is 274 g/mol. The molecule has 0 aliphatic carbocycles. The molecule has 1 aromatic carbocycles. The van der Waals surface area contributed by atoms with Crippen molar-refractivity contribution in [3.8, 4) is 0 Å². The van der Waals surface area contributed by atoms with E-state index in [0.29, 0.717) is 19.1 Å². The van der Waals surface area contributed by atoms with E-state index in [1.165, 1.54) is 12.8 Å². The van der Waals surface area contributed by atoms with E-state index < -0.39 is 0 Å². The number of hydrogen-bond acceptors (Lipinski definition) is 3. The third-order valence-electron chi connectivity index (χ3n) is 3.65. The summed E-state index contributed by atoms with van der Waals surface area (Å²) in [5, 5.41) is 2.94. The van der Waals surface area contributed by atoms with Gasteiger partial charge < -0.3 is 11.1 Å². The second kappa shape index (κ2) is 8.95. The molecular formula is C15H24ClN3O. The molecule has 1 fully saturated rings. The van der Waals surface area contributed by atoms with E-state index in [4.69, 9.17) is 5.73 Å². The van der Waals surface area contributed by atoms with Gasteiger partial charge in [-0.25, -0.2) is 0 Å². The maximum absolute atomic E-state index is 12.0. The van der Waals surface area contributed by atoms with Crippen LogP contribution < -0.4 is 11.1 Å². The number of halogens is 1. The highest BCUT2D eigenvalue weighted by Gasteiger charge is 2.23. The second-order valence-corrected chi connectivity index (χ2v) is 5.11. The minimum absolute atomic E-state index is 0. The molecule has 112 valence electrons. The van der Waals surface area contributed by atoms with Gasteiger partial charge in [0.2, 0.25) is 5.91 Å². The van der Waals surface area contributed by atoms with Crippen LogP contribution in [-0.4, -0.2) is 36.5 Å². The highest BCUT2D eigenvalue weighted by atomic mass is 35.5. The van der Waals surface area contributed by atoms with Crippen LogP contribution in [0.25, 0.3) is 0 Å². The number of nitrogens with one attached hydrogen (secondary N) is 1. The van der Waals surface area contributed by atoms with Gasteiger partial charge >= 0.3 is 0 Å². The molecule has 20 heavy (non-hydrogen) atoms. The van der Waals surface area contributed by atoms with Crippen LogP contribution in [0.15, 0.2) is 30.3 Å². The molecule has 4 nitrogen and oxygen atoms in total. The molecule has 1 aliphatic heterocycles. The van der Waals surface area contributed by atoms with Crippen LogP contribution in [-0.2, 0) is 4.79 Å². The molecule has 1 aromatic rings. The van der Waals surface area contributed by atoms with Crippen LogP contribution in [0.2, 0.25) is 0 Å². The number of hydrogen-bond donors (Lipinski definition) is 2. The Morgan fingerprint density at radius 3 is 2.75 bits per heavy atom. The zero-order valence-corrected chi connectivity index (χ0v) is 12.6. The summed E-state index contributed by atoms with van der Waals surface area (Å²) in [7, 11) is 0. The van der Waals surface area contributed by atoms with Crippen LogP contribution in [0.1, 0.15) is 25.7 Å². The van der Waals surface area contributed by atoms with Gasteiger partial charge in [0.25, 0.3) is 0 Å². The smallest absolute Gasteiger partial charge is 0.238 e. The van der Waals surface area contributed by atoms with E-state index in [-0.39, 0.29) is 18.3 Å². The first-order chi connectivity index (χ1) is 9.29. The van der Waals surface area contributed by atoms with Crippen molar-refractivity contribution in [2.24, 2.45) is 5.73 Å². The van der Waals surface area contributed by atoms with Crippen LogP contribution in [0.3, 0.4) is 0 Å². The van der Waals surface area contributed by atoms with E-state index in [2.05, 4.69) is 10.2 Å². The number of amides is 1. The minimum Gasteiger partial charge on any atom is -0.330 e. The Kier molecular flexibility index (Phi) is 7.59. The SMILES string of the molecule is Cl.NCCC1CCCCN1CC(=O)Nc1ccccc1. The zero-order valence-electron chi connectivity index (χ0n) is 11.8. The maximum Gasteiger partial charge on any atom is 0.238 e. The van der Waals surface area contributed by atoms with Gasteiger partial charge in [-0.15, -0.1) is 12.4 Å². The topological polar surface area (TPSA) is 58.4 Å². The van der Waals surface area contributed by atoms with Gasteiger partial charge in [-0.2, -0.15) is 0 Å². The number of nitrogens with two attached hydrogens (primary N) is 1. The zero-order chi connectivity index (χ0) is 13.5. The molecule has 0 bridgehead atoms. The van der Waals surface area contributed by atoms with Crippen molar-refractivity contribution in [3.63, 3.8) is 0 Å². The maximum atomic E-state index is 12.0. The van der Waals surface area contributed by atoms with E-state index in [1.807, 2.05) is 30.3 Å². The molecule has 1 atom stereocenters. The first kappa shape index (κ1) is 17.0. The molecule has 1 saturated heterocycles. The van der Waals surface area contributed by atoms with E-state index in [9.17, 15) is 4.79 Å². The van der Waals surface area contributed by atoms with Crippen LogP contribution >= 0.6 is 12.4 Å². The standard InChI is InChI=1S/C15H23N3O.ClH/c16-10-9-14-8-4-5-11-18(14)12-15(19)17-13-6-2-1-3-7-13;/h1-3,6-7,14H,4-5,8-12,16H2,(H,17,19);1H. The molecule has 1 unspecified atom stereocenters. The fourth-order valence-electron chi connectivity index (χ4n) is 2.69. The Balaban J connectivity index is 0.00000200. The molecule has 0 radical (unpaired) electrons. The highest BCUT2D eigenvalue weighted by molar-refractivity contribution is 5.92. The molecule has 3 N–H and O–H groups in total. The predicted octanol–water partition coefficient (Wildman–Crippen LogP) is 2.25. The number of likely N-dealkylation sites (tertiary alicyclic amines) is 1. The average molecular weight is 298 g/mol. The molecule has 2 rings (SSSR count). The molecule has 1 aliphatic rings. The third kappa shape index (κ3) is 5.12. The first-order valence-corrected chi connectivity index (χ1v) is 7.08. The summed E-state index contributed by atoms with van der Waals surface area (Å²) in [6.45, 7) is 2.17. The van der Waals surface area contributed by atoms with Gasteiger partial charge in [-0.3, -0.25) is 9.69 Å². The van der Waals surface area contributed by atoms with E-state index >= 15 is 0 Å². The molecule has 0 aromatic heterocycles. The molecule has 0 spiro atoms.